The van der Waals surface area contributed by atoms with Gasteiger partial charge in [-0.05, 0) is 5.56 Å². The summed E-state index contributed by atoms with van der Waals surface area (Å²) in [6.07, 6.45) is 0.410. The molecule has 0 bridgehead atoms. The minimum atomic E-state index is -0.00771. The first-order valence-electron chi connectivity index (χ1n) is 5.95. The van der Waals surface area contributed by atoms with Crippen LogP contribution in [0.1, 0.15) is 18.1 Å². The Labute approximate surface area is 114 Å². The lowest BCUT2D eigenvalue weighted by Gasteiger charge is -2.33. The van der Waals surface area contributed by atoms with Gasteiger partial charge in [-0.3, -0.25) is 4.79 Å². The number of hydrogen-bond acceptors (Lipinski definition) is 3. The molecule has 0 saturated carbocycles. The number of amides is 1. The normalized spacial score (nSPS) is 19.2. The van der Waals surface area contributed by atoms with Gasteiger partial charge in [0.05, 0.1) is 13.2 Å². The minimum Gasteiger partial charge on any atom is -0.370 e. The quantitative estimate of drug-likeness (QED) is 0.902. The van der Waals surface area contributed by atoms with Crippen LogP contribution in [0.3, 0.4) is 0 Å². The van der Waals surface area contributed by atoms with Crippen LogP contribution in [0.25, 0.3) is 0 Å². The van der Waals surface area contributed by atoms with Crippen molar-refractivity contribution >= 4 is 18.3 Å². The van der Waals surface area contributed by atoms with E-state index in [-0.39, 0.29) is 24.4 Å². The molecule has 4 nitrogen and oxygen atoms in total. The number of nitrogens with two attached hydrogens (primary N) is 1. The van der Waals surface area contributed by atoms with Crippen molar-refractivity contribution in [2.45, 2.75) is 12.5 Å². The van der Waals surface area contributed by atoms with Crippen LogP contribution in [0, 0.1) is 0 Å². The first-order chi connectivity index (χ1) is 8.31. The summed E-state index contributed by atoms with van der Waals surface area (Å²) >= 11 is 0. The number of halogens is 1. The SMILES string of the molecule is Cl.NCCC(=O)N1CCOC(c2ccccc2)C1. The molecule has 0 aliphatic carbocycles. The highest BCUT2D eigenvalue weighted by atomic mass is 35.5. The van der Waals surface area contributed by atoms with E-state index in [0.717, 1.165) is 5.56 Å². The van der Waals surface area contributed by atoms with E-state index in [1.807, 2.05) is 35.2 Å². The fourth-order valence-electron chi connectivity index (χ4n) is 2.03. The molecule has 1 amide bonds. The molecule has 18 heavy (non-hydrogen) atoms. The molecular weight excluding hydrogens is 252 g/mol. The van der Waals surface area contributed by atoms with Gasteiger partial charge in [0.1, 0.15) is 6.10 Å². The molecule has 0 aromatic heterocycles. The molecular formula is C13H19ClN2O2. The Morgan fingerprint density at radius 1 is 1.39 bits per heavy atom. The number of carbonyl (C=O) groups excluding carboxylic acids is 1. The second-order valence-corrected chi connectivity index (χ2v) is 4.15. The van der Waals surface area contributed by atoms with E-state index >= 15 is 0 Å². The molecule has 1 aromatic carbocycles. The van der Waals surface area contributed by atoms with Gasteiger partial charge in [-0.25, -0.2) is 0 Å². The summed E-state index contributed by atoms with van der Waals surface area (Å²) in [7, 11) is 0. The monoisotopic (exact) mass is 270 g/mol. The molecule has 1 aliphatic heterocycles. The zero-order valence-electron chi connectivity index (χ0n) is 10.2. The zero-order valence-corrected chi connectivity index (χ0v) is 11.1. The van der Waals surface area contributed by atoms with Crippen LogP contribution >= 0.6 is 12.4 Å². The number of morpholine rings is 1. The lowest BCUT2D eigenvalue weighted by Crippen LogP contribution is -2.42. The van der Waals surface area contributed by atoms with Crippen molar-refractivity contribution in [1.82, 2.24) is 4.90 Å². The van der Waals surface area contributed by atoms with Gasteiger partial charge in [-0.1, -0.05) is 30.3 Å². The highest BCUT2D eigenvalue weighted by molar-refractivity contribution is 5.85. The Morgan fingerprint density at radius 2 is 2.11 bits per heavy atom. The predicted molar refractivity (Wildman–Crippen MR) is 72.6 cm³/mol. The fourth-order valence-corrected chi connectivity index (χ4v) is 2.03. The van der Waals surface area contributed by atoms with Crippen LogP contribution in [0.15, 0.2) is 30.3 Å². The second-order valence-electron chi connectivity index (χ2n) is 4.15. The van der Waals surface area contributed by atoms with Gasteiger partial charge < -0.3 is 15.4 Å². The molecule has 0 radical (unpaired) electrons. The van der Waals surface area contributed by atoms with E-state index in [9.17, 15) is 4.79 Å². The van der Waals surface area contributed by atoms with Gasteiger partial charge in [0.2, 0.25) is 5.91 Å². The molecule has 1 fully saturated rings. The van der Waals surface area contributed by atoms with E-state index < -0.39 is 0 Å². The maximum absolute atomic E-state index is 11.8. The van der Waals surface area contributed by atoms with Crippen LogP contribution < -0.4 is 5.73 Å². The third kappa shape index (κ3) is 3.70. The predicted octanol–water partition coefficient (Wildman–Crippen LogP) is 1.36. The third-order valence-electron chi connectivity index (χ3n) is 2.95. The first kappa shape index (κ1) is 15.0. The second kappa shape index (κ2) is 7.36. The first-order valence-corrected chi connectivity index (χ1v) is 5.95. The Balaban J connectivity index is 0.00000162. The van der Waals surface area contributed by atoms with Gasteiger partial charge >= 0.3 is 0 Å². The molecule has 0 spiro atoms. The smallest absolute Gasteiger partial charge is 0.224 e. The Hall–Kier alpha value is -1.10. The van der Waals surface area contributed by atoms with Crippen LogP contribution in [0.5, 0.6) is 0 Å². The molecule has 2 N–H and O–H groups in total. The van der Waals surface area contributed by atoms with Crippen molar-refractivity contribution in [3.05, 3.63) is 35.9 Å². The maximum Gasteiger partial charge on any atom is 0.224 e. The Kier molecular flexibility index (Phi) is 6.12. The van der Waals surface area contributed by atoms with E-state index in [0.29, 0.717) is 32.7 Å². The maximum atomic E-state index is 11.8. The van der Waals surface area contributed by atoms with Crippen LogP contribution in [-0.2, 0) is 9.53 Å². The van der Waals surface area contributed by atoms with Crippen molar-refractivity contribution in [1.29, 1.82) is 0 Å². The van der Waals surface area contributed by atoms with Gasteiger partial charge in [-0.2, -0.15) is 0 Å². The number of benzene rings is 1. The highest BCUT2D eigenvalue weighted by Crippen LogP contribution is 2.22. The van der Waals surface area contributed by atoms with Gasteiger partial charge in [0, 0.05) is 19.5 Å². The molecule has 1 heterocycles. The molecule has 100 valence electrons. The van der Waals surface area contributed by atoms with Crippen molar-refractivity contribution in [2.75, 3.05) is 26.2 Å². The molecule has 1 aromatic rings. The van der Waals surface area contributed by atoms with Crippen molar-refractivity contribution in [3.63, 3.8) is 0 Å². The fraction of sp³-hybridized carbons (Fsp3) is 0.462. The lowest BCUT2D eigenvalue weighted by molar-refractivity contribution is -0.138. The standard InChI is InChI=1S/C13H18N2O2.ClH/c14-7-6-13(16)15-8-9-17-12(10-15)11-4-2-1-3-5-11;/h1-5,12H,6-10,14H2;1H. The summed E-state index contributed by atoms with van der Waals surface area (Å²) in [6, 6.07) is 10.0. The summed E-state index contributed by atoms with van der Waals surface area (Å²) in [4.78, 5) is 13.6. The van der Waals surface area contributed by atoms with Crippen molar-refractivity contribution in [3.8, 4) is 0 Å². The third-order valence-corrected chi connectivity index (χ3v) is 2.95. The number of rotatable bonds is 3. The van der Waals surface area contributed by atoms with Crippen LogP contribution in [0.2, 0.25) is 0 Å². The number of carbonyl (C=O) groups is 1. The molecule has 2 rings (SSSR count). The molecule has 1 aliphatic rings. The average molecular weight is 271 g/mol. The largest absolute Gasteiger partial charge is 0.370 e. The zero-order chi connectivity index (χ0) is 12.1. The number of hydrogen-bond donors (Lipinski definition) is 1. The van der Waals surface area contributed by atoms with E-state index in [4.69, 9.17) is 10.5 Å². The van der Waals surface area contributed by atoms with Gasteiger partial charge in [-0.15, -0.1) is 12.4 Å². The number of nitrogens with zero attached hydrogens (tertiary/aromatic N) is 1. The summed E-state index contributed by atoms with van der Waals surface area (Å²) in [5.41, 5.74) is 6.53. The molecule has 5 heteroatoms. The Bertz CT molecular complexity index is 373. The van der Waals surface area contributed by atoms with Gasteiger partial charge in [0.25, 0.3) is 0 Å². The highest BCUT2D eigenvalue weighted by Gasteiger charge is 2.24. The molecule has 1 atom stereocenters. The van der Waals surface area contributed by atoms with E-state index in [2.05, 4.69) is 0 Å². The Morgan fingerprint density at radius 3 is 2.78 bits per heavy atom. The van der Waals surface area contributed by atoms with E-state index in [1.165, 1.54) is 0 Å². The lowest BCUT2D eigenvalue weighted by atomic mass is 10.1. The van der Waals surface area contributed by atoms with Crippen molar-refractivity contribution in [2.24, 2.45) is 5.73 Å². The minimum absolute atomic E-state index is 0. The van der Waals surface area contributed by atoms with Crippen molar-refractivity contribution < 1.29 is 9.53 Å². The summed E-state index contributed by atoms with van der Waals surface area (Å²) in [5, 5.41) is 0. The topological polar surface area (TPSA) is 55.6 Å². The van der Waals surface area contributed by atoms with Gasteiger partial charge in [0.15, 0.2) is 0 Å². The average Bonchev–Trinajstić information content (AvgIpc) is 2.40. The van der Waals surface area contributed by atoms with Crippen LogP contribution in [0.4, 0.5) is 0 Å². The molecule has 1 saturated heterocycles. The molecule has 1 unspecified atom stereocenters. The summed E-state index contributed by atoms with van der Waals surface area (Å²) in [6.45, 7) is 2.30. The number of ether oxygens (including phenoxy) is 1. The van der Waals surface area contributed by atoms with Crippen LogP contribution in [-0.4, -0.2) is 37.0 Å². The summed E-state index contributed by atoms with van der Waals surface area (Å²) < 4.78 is 5.70. The van der Waals surface area contributed by atoms with E-state index in [1.54, 1.807) is 0 Å². The summed E-state index contributed by atoms with van der Waals surface area (Å²) in [5.74, 6) is 0.122.